The van der Waals surface area contributed by atoms with Crippen molar-refractivity contribution in [1.29, 1.82) is 0 Å². The van der Waals surface area contributed by atoms with Crippen LogP contribution in [0.2, 0.25) is 0 Å². The number of halogens is 3. The van der Waals surface area contributed by atoms with Gasteiger partial charge in [0.25, 0.3) is 6.43 Å². The van der Waals surface area contributed by atoms with Gasteiger partial charge in [0.15, 0.2) is 5.82 Å². The van der Waals surface area contributed by atoms with Crippen LogP contribution in [0.5, 0.6) is 0 Å². The first-order valence-electron chi connectivity index (χ1n) is 3.28. The second-order valence-corrected chi connectivity index (χ2v) is 3.88. The molecule has 0 radical (unpaired) electrons. The van der Waals surface area contributed by atoms with Crippen molar-refractivity contribution in [2.45, 2.75) is 11.3 Å². The maximum atomic E-state index is 12.9. The third kappa shape index (κ3) is 2.02. The van der Waals surface area contributed by atoms with E-state index in [9.17, 15) is 21.6 Å². The monoisotopic (exact) mass is 226 g/mol. The third-order valence-electron chi connectivity index (χ3n) is 1.40. The molecule has 0 bridgehead atoms. The van der Waals surface area contributed by atoms with Gasteiger partial charge in [0.1, 0.15) is 4.90 Å². The first-order valence-corrected chi connectivity index (χ1v) is 4.83. The second-order valence-electron chi connectivity index (χ2n) is 2.39. The van der Waals surface area contributed by atoms with Gasteiger partial charge in [0.05, 0.1) is 11.8 Å². The van der Waals surface area contributed by atoms with E-state index < -0.39 is 32.7 Å². The molecule has 1 aromatic rings. The summed E-state index contributed by atoms with van der Waals surface area (Å²) in [5.41, 5.74) is -1.03. The summed E-state index contributed by atoms with van der Waals surface area (Å²) >= 11 is 0. The molecular formula is C6H5F3N2O2S. The summed E-state index contributed by atoms with van der Waals surface area (Å²) in [6.07, 6.45) is -2.08. The van der Waals surface area contributed by atoms with Crippen molar-refractivity contribution in [3.05, 3.63) is 23.8 Å². The number of nitrogens with zero attached hydrogens (tertiary/aromatic N) is 1. The number of rotatable bonds is 2. The van der Waals surface area contributed by atoms with Gasteiger partial charge in [0, 0.05) is 6.20 Å². The van der Waals surface area contributed by atoms with Crippen LogP contribution in [0.15, 0.2) is 17.3 Å². The molecule has 0 aromatic carbocycles. The molecule has 1 heterocycles. The van der Waals surface area contributed by atoms with Gasteiger partial charge >= 0.3 is 0 Å². The number of hydrogen-bond donors (Lipinski definition) is 1. The lowest BCUT2D eigenvalue weighted by Gasteiger charge is -2.06. The summed E-state index contributed by atoms with van der Waals surface area (Å²) in [5, 5.41) is 4.57. The van der Waals surface area contributed by atoms with E-state index in [1.165, 1.54) is 0 Å². The molecule has 0 atom stereocenters. The van der Waals surface area contributed by atoms with E-state index in [1.54, 1.807) is 0 Å². The summed E-state index contributed by atoms with van der Waals surface area (Å²) in [7, 11) is -4.50. The topological polar surface area (TPSA) is 73.1 Å². The number of nitrogens with two attached hydrogens (primary N) is 1. The van der Waals surface area contributed by atoms with Gasteiger partial charge in [-0.25, -0.2) is 26.7 Å². The quantitative estimate of drug-likeness (QED) is 0.810. The van der Waals surface area contributed by atoms with Crippen molar-refractivity contribution in [2.24, 2.45) is 5.14 Å². The lowest BCUT2D eigenvalue weighted by Crippen LogP contribution is -2.17. The molecule has 1 aromatic heterocycles. The van der Waals surface area contributed by atoms with Gasteiger partial charge in [-0.3, -0.25) is 4.98 Å². The van der Waals surface area contributed by atoms with Crippen LogP contribution in [0.4, 0.5) is 13.2 Å². The molecule has 0 fully saturated rings. The van der Waals surface area contributed by atoms with E-state index in [1.807, 2.05) is 0 Å². The zero-order valence-electron chi connectivity index (χ0n) is 6.62. The highest BCUT2D eigenvalue weighted by molar-refractivity contribution is 7.89. The van der Waals surface area contributed by atoms with Crippen molar-refractivity contribution in [3.8, 4) is 0 Å². The second kappa shape index (κ2) is 3.54. The van der Waals surface area contributed by atoms with Crippen LogP contribution in [0.1, 0.15) is 12.0 Å². The Morgan fingerprint density at radius 3 is 2.29 bits per heavy atom. The normalized spacial score (nSPS) is 12.1. The Kier molecular flexibility index (Phi) is 2.76. The smallest absolute Gasteiger partial charge is 0.261 e. The van der Waals surface area contributed by atoms with Crippen LogP contribution >= 0.6 is 0 Å². The lowest BCUT2D eigenvalue weighted by molar-refractivity contribution is 0.146. The highest BCUT2D eigenvalue weighted by atomic mass is 32.2. The number of pyridine rings is 1. The summed E-state index contributed by atoms with van der Waals surface area (Å²) in [6, 6.07) is 0. The molecule has 0 amide bonds. The van der Waals surface area contributed by atoms with Crippen LogP contribution in [-0.2, 0) is 10.0 Å². The molecular weight excluding hydrogens is 221 g/mol. The minimum Gasteiger partial charge on any atom is -0.261 e. The fraction of sp³-hybridized carbons (Fsp3) is 0.167. The predicted octanol–water partition coefficient (Wildman–Crippen LogP) is 0.806. The highest BCUT2D eigenvalue weighted by Crippen LogP contribution is 2.26. The van der Waals surface area contributed by atoms with Crippen LogP contribution in [0, 0.1) is 5.82 Å². The molecule has 78 valence electrons. The van der Waals surface area contributed by atoms with Crippen LogP contribution in [0.3, 0.4) is 0 Å². The predicted molar refractivity (Wildman–Crippen MR) is 40.5 cm³/mol. The van der Waals surface area contributed by atoms with Crippen molar-refractivity contribution in [2.75, 3.05) is 0 Å². The van der Waals surface area contributed by atoms with E-state index in [4.69, 9.17) is 0 Å². The Morgan fingerprint density at radius 2 is 1.93 bits per heavy atom. The van der Waals surface area contributed by atoms with Crippen molar-refractivity contribution < 1.29 is 21.6 Å². The minimum absolute atomic E-state index is 0.506. The molecule has 0 saturated carbocycles. The van der Waals surface area contributed by atoms with Crippen molar-refractivity contribution in [3.63, 3.8) is 0 Å². The maximum absolute atomic E-state index is 12.9. The van der Waals surface area contributed by atoms with Gasteiger partial charge in [-0.05, 0) is 0 Å². The van der Waals surface area contributed by atoms with Crippen molar-refractivity contribution >= 4 is 10.0 Å². The fourth-order valence-corrected chi connectivity index (χ4v) is 1.69. The lowest BCUT2D eigenvalue weighted by atomic mass is 10.3. The SMILES string of the molecule is NS(=O)(=O)c1c(F)cncc1C(F)F. The summed E-state index contributed by atoms with van der Waals surface area (Å²) in [6.45, 7) is 0. The molecule has 4 nitrogen and oxygen atoms in total. The van der Waals surface area contributed by atoms with Gasteiger partial charge in [0.2, 0.25) is 10.0 Å². The minimum atomic E-state index is -4.50. The number of hydrogen-bond acceptors (Lipinski definition) is 3. The summed E-state index contributed by atoms with van der Waals surface area (Å²) in [5.74, 6) is -1.38. The van der Waals surface area contributed by atoms with E-state index in [0.29, 0.717) is 12.4 Å². The molecule has 2 N–H and O–H groups in total. The molecule has 8 heteroatoms. The molecule has 0 unspecified atom stereocenters. The summed E-state index contributed by atoms with van der Waals surface area (Å²) < 4.78 is 58.8. The molecule has 14 heavy (non-hydrogen) atoms. The third-order valence-corrected chi connectivity index (χ3v) is 2.40. The van der Waals surface area contributed by atoms with E-state index in [-0.39, 0.29) is 0 Å². The molecule has 0 spiro atoms. The first-order chi connectivity index (χ1) is 6.34. The average molecular weight is 226 g/mol. The van der Waals surface area contributed by atoms with Gasteiger partial charge < -0.3 is 0 Å². The van der Waals surface area contributed by atoms with Gasteiger partial charge in [-0.1, -0.05) is 0 Å². The van der Waals surface area contributed by atoms with Crippen LogP contribution in [-0.4, -0.2) is 13.4 Å². The molecule has 0 aliphatic rings. The van der Waals surface area contributed by atoms with Crippen LogP contribution in [0.25, 0.3) is 0 Å². The van der Waals surface area contributed by atoms with E-state index in [0.717, 1.165) is 0 Å². The largest absolute Gasteiger partial charge is 0.266 e. The zero-order valence-corrected chi connectivity index (χ0v) is 7.43. The number of alkyl halides is 2. The molecule has 0 aliphatic carbocycles. The van der Waals surface area contributed by atoms with E-state index in [2.05, 4.69) is 10.1 Å². The average Bonchev–Trinajstić information content (AvgIpc) is 2.01. The number of aromatic nitrogens is 1. The van der Waals surface area contributed by atoms with E-state index >= 15 is 0 Å². The number of sulfonamides is 1. The number of primary sulfonamides is 1. The Balaban J connectivity index is 3.54. The van der Waals surface area contributed by atoms with Gasteiger partial charge in [-0.2, -0.15) is 0 Å². The Labute approximate surface area is 77.6 Å². The molecule has 0 saturated heterocycles. The Hall–Kier alpha value is -1.15. The maximum Gasteiger partial charge on any atom is 0.266 e. The van der Waals surface area contributed by atoms with Crippen molar-refractivity contribution in [1.82, 2.24) is 4.98 Å². The fourth-order valence-electron chi connectivity index (χ4n) is 0.894. The molecule has 1 rings (SSSR count). The zero-order chi connectivity index (χ0) is 10.9. The Morgan fingerprint density at radius 1 is 1.36 bits per heavy atom. The first kappa shape index (κ1) is 10.9. The van der Waals surface area contributed by atoms with Gasteiger partial charge in [-0.15, -0.1) is 0 Å². The molecule has 0 aliphatic heterocycles. The highest BCUT2D eigenvalue weighted by Gasteiger charge is 2.24. The Bertz CT molecular complexity index is 446. The standard InChI is InChI=1S/C6H5F3N2O2S/c7-4-2-11-1-3(6(8)9)5(4)14(10,12)13/h1-2,6H,(H2,10,12,13). The summed E-state index contributed by atoms with van der Waals surface area (Å²) in [4.78, 5) is 1.90. The van der Waals surface area contributed by atoms with Crippen LogP contribution < -0.4 is 5.14 Å².